The molecule has 2 atom stereocenters. The molecule has 0 spiro atoms. The van der Waals surface area contributed by atoms with Gasteiger partial charge in [0, 0.05) is 0 Å². The van der Waals surface area contributed by atoms with E-state index in [1.54, 1.807) is 5.56 Å². The van der Waals surface area contributed by atoms with Crippen LogP contribution in [0.5, 0.6) is 0 Å². The minimum atomic E-state index is 0.770. The number of rotatable bonds is 5. The number of hydrogen-bond acceptors (Lipinski definition) is 1. The largest absolute Gasteiger partial charge is 0.319 e. The van der Waals surface area contributed by atoms with E-state index in [0.29, 0.717) is 0 Å². The fourth-order valence-corrected chi connectivity index (χ4v) is 3.60. The second kappa shape index (κ2) is 7.69. The van der Waals surface area contributed by atoms with Crippen LogP contribution in [0.2, 0.25) is 0 Å². The molecule has 1 N–H and O–H groups in total. The van der Waals surface area contributed by atoms with Gasteiger partial charge in [-0.1, -0.05) is 56.9 Å². The van der Waals surface area contributed by atoms with Gasteiger partial charge >= 0.3 is 0 Å². The van der Waals surface area contributed by atoms with E-state index >= 15 is 0 Å². The molecule has 0 amide bonds. The van der Waals surface area contributed by atoms with Crippen LogP contribution in [0.25, 0.3) is 0 Å². The highest BCUT2D eigenvalue weighted by atomic mass is 14.8. The first kappa shape index (κ1) is 14.6. The number of hydrogen-bond donors (Lipinski definition) is 1. The monoisotopic (exact) mass is 259 g/mol. The average Bonchev–Trinajstić information content (AvgIpc) is 2.65. The molecule has 0 aliphatic heterocycles. The maximum Gasteiger partial charge on any atom is -0.00177 e. The zero-order valence-corrected chi connectivity index (χ0v) is 12.6. The Labute approximate surface area is 118 Å². The predicted octanol–water partition coefficient (Wildman–Crippen LogP) is 4.52. The van der Waals surface area contributed by atoms with Crippen LogP contribution in [0.15, 0.2) is 24.3 Å². The van der Waals surface area contributed by atoms with E-state index in [9.17, 15) is 0 Å². The molecule has 1 saturated carbocycles. The van der Waals surface area contributed by atoms with Crippen molar-refractivity contribution in [2.24, 2.45) is 5.92 Å². The second-order valence-electron chi connectivity index (χ2n) is 6.06. The molecular weight excluding hydrogens is 230 g/mol. The Hall–Kier alpha value is -0.820. The van der Waals surface area contributed by atoms with Gasteiger partial charge in [0.1, 0.15) is 0 Å². The molecule has 1 aliphatic carbocycles. The minimum Gasteiger partial charge on any atom is -0.319 e. The van der Waals surface area contributed by atoms with Gasteiger partial charge in [-0.15, -0.1) is 0 Å². The van der Waals surface area contributed by atoms with Crippen molar-refractivity contribution in [1.29, 1.82) is 0 Å². The van der Waals surface area contributed by atoms with Gasteiger partial charge in [-0.05, 0) is 55.8 Å². The first-order valence-electron chi connectivity index (χ1n) is 8.08. The lowest BCUT2D eigenvalue weighted by Gasteiger charge is -2.26. The van der Waals surface area contributed by atoms with E-state index in [-0.39, 0.29) is 0 Å². The molecule has 19 heavy (non-hydrogen) atoms. The van der Waals surface area contributed by atoms with Gasteiger partial charge in [-0.3, -0.25) is 0 Å². The molecular formula is C18H29N. The summed E-state index contributed by atoms with van der Waals surface area (Å²) in [6, 6.07) is 9.39. The van der Waals surface area contributed by atoms with E-state index < -0.39 is 0 Å². The smallest absolute Gasteiger partial charge is 0.00177 e. The van der Waals surface area contributed by atoms with Crippen LogP contribution < -0.4 is 5.32 Å². The van der Waals surface area contributed by atoms with Crippen LogP contribution in [-0.2, 0) is 6.42 Å². The van der Waals surface area contributed by atoms with Crippen molar-refractivity contribution < 1.29 is 0 Å². The standard InChI is InChI=1S/C18H29N/c1-3-8-15-9-7-11-16(13-15)18-12-6-4-5-10-17(18)14-19-2/h7,9,11,13,17-19H,3-6,8,10,12,14H2,1-2H3. The third kappa shape index (κ3) is 4.07. The van der Waals surface area contributed by atoms with Gasteiger partial charge in [-0.2, -0.15) is 0 Å². The van der Waals surface area contributed by atoms with Crippen LogP contribution in [0.3, 0.4) is 0 Å². The maximum atomic E-state index is 3.40. The normalized spacial score (nSPS) is 24.1. The summed E-state index contributed by atoms with van der Waals surface area (Å²) in [5.41, 5.74) is 3.11. The Kier molecular flexibility index (Phi) is 5.91. The summed E-state index contributed by atoms with van der Waals surface area (Å²) in [5, 5.41) is 3.40. The summed E-state index contributed by atoms with van der Waals surface area (Å²) in [7, 11) is 2.09. The topological polar surface area (TPSA) is 12.0 Å². The molecule has 106 valence electrons. The van der Waals surface area contributed by atoms with Crippen molar-refractivity contribution in [3.63, 3.8) is 0 Å². The summed E-state index contributed by atoms with van der Waals surface area (Å²) >= 11 is 0. The van der Waals surface area contributed by atoms with Crippen molar-refractivity contribution in [1.82, 2.24) is 5.32 Å². The molecule has 2 unspecified atom stereocenters. The predicted molar refractivity (Wildman–Crippen MR) is 83.7 cm³/mol. The fraction of sp³-hybridized carbons (Fsp3) is 0.667. The zero-order chi connectivity index (χ0) is 13.5. The second-order valence-corrected chi connectivity index (χ2v) is 6.06. The Bertz CT molecular complexity index is 372. The molecule has 0 bridgehead atoms. The van der Waals surface area contributed by atoms with Gasteiger partial charge < -0.3 is 5.32 Å². The first-order chi connectivity index (χ1) is 9.35. The lowest BCUT2D eigenvalue weighted by molar-refractivity contribution is 0.386. The lowest BCUT2D eigenvalue weighted by atomic mass is 9.81. The molecule has 0 aromatic heterocycles. The van der Waals surface area contributed by atoms with Crippen molar-refractivity contribution >= 4 is 0 Å². The molecule has 2 rings (SSSR count). The van der Waals surface area contributed by atoms with Gasteiger partial charge in [0.25, 0.3) is 0 Å². The molecule has 1 aromatic rings. The molecule has 0 radical (unpaired) electrons. The average molecular weight is 259 g/mol. The maximum absolute atomic E-state index is 3.40. The number of benzene rings is 1. The molecule has 0 heterocycles. The van der Waals surface area contributed by atoms with Crippen molar-refractivity contribution in [3.05, 3.63) is 35.4 Å². The van der Waals surface area contributed by atoms with Gasteiger partial charge in [0.05, 0.1) is 0 Å². The highest BCUT2D eigenvalue weighted by molar-refractivity contribution is 5.27. The minimum absolute atomic E-state index is 0.770. The van der Waals surface area contributed by atoms with E-state index in [1.165, 1.54) is 57.1 Å². The molecule has 1 aliphatic rings. The van der Waals surface area contributed by atoms with Crippen molar-refractivity contribution in [2.75, 3.05) is 13.6 Å². The molecule has 1 heteroatoms. The molecule has 1 nitrogen and oxygen atoms in total. The van der Waals surface area contributed by atoms with E-state index in [1.807, 2.05) is 0 Å². The van der Waals surface area contributed by atoms with E-state index in [2.05, 4.69) is 43.6 Å². The number of nitrogens with one attached hydrogen (secondary N) is 1. The van der Waals surface area contributed by atoms with Crippen LogP contribution in [0.1, 0.15) is 62.5 Å². The van der Waals surface area contributed by atoms with Crippen LogP contribution in [0.4, 0.5) is 0 Å². The molecule has 0 saturated heterocycles. The Morgan fingerprint density at radius 3 is 2.79 bits per heavy atom. The van der Waals surface area contributed by atoms with E-state index in [0.717, 1.165) is 11.8 Å². The van der Waals surface area contributed by atoms with Gasteiger partial charge in [-0.25, -0.2) is 0 Å². The third-order valence-electron chi connectivity index (χ3n) is 4.54. The highest BCUT2D eigenvalue weighted by Gasteiger charge is 2.24. The number of aryl methyl sites for hydroxylation is 1. The zero-order valence-electron chi connectivity index (χ0n) is 12.6. The summed E-state index contributed by atoms with van der Waals surface area (Å²) in [4.78, 5) is 0. The quantitative estimate of drug-likeness (QED) is 0.766. The van der Waals surface area contributed by atoms with Gasteiger partial charge in [0.2, 0.25) is 0 Å². The van der Waals surface area contributed by atoms with Crippen molar-refractivity contribution in [3.8, 4) is 0 Å². The third-order valence-corrected chi connectivity index (χ3v) is 4.54. The van der Waals surface area contributed by atoms with Crippen LogP contribution >= 0.6 is 0 Å². The Morgan fingerprint density at radius 1 is 1.16 bits per heavy atom. The highest BCUT2D eigenvalue weighted by Crippen LogP contribution is 2.36. The van der Waals surface area contributed by atoms with Crippen molar-refractivity contribution in [2.45, 2.75) is 57.8 Å². The Balaban J connectivity index is 2.17. The van der Waals surface area contributed by atoms with Gasteiger partial charge in [0.15, 0.2) is 0 Å². The molecule has 1 aromatic carbocycles. The van der Waals surface area contributed by atoms with E-state index in [4.69, 9.17) is 0 Å². The van der Waals surface area contributed by atoms with Crippen LogP contribution in [0, 0.1) is 5.92 Å². The SMILES string of the molecule is CCCc1cccc(C2CCCCCC2CNC)c1. The van der Waals surface area contributed by atoms with Crippen LogP contribution in [-0.4, -0.2) is 13.6 Å². The summed E-state index contributed by atoms with van der Waals surface area (Å²) in [6.45, 7) is 3.44. The summed E-state index contributed by atoms with van der Waals surface area (Å²) in [5.74, 6) is 1.59. The summed E-state index contributed by atoms with van der Waals surface area (Å²) < 4.78 is 0. The molecule has 1 fully saturated rings. The summed E-state index contributed by atoms with van der Waals surface area (Å²) in [6.07, 6.45) is 9.47. The fourth-order valence-electron chi connectivity index (χ4n) is 3.60. The lowest BCUT2D eigenvalue weighted by Crippen LogP contribution is -2.24. The first-order valence-corrected chi connectivity index (χ1v) is 8.08. The Morgan fingerprint density at radius 2 is 2.00 bits per heavy atom.